The molecule has 0 aliphatic carbocycles. The first-order chi connectivity index (χ1) is 13.8. The molecule has 2 amide bonds. The number of nitrogens with zero attached hydrogens (tertiary/aromatic N) is 4. The van der Waals surface area contributed by atoms with Crippen molar-refractivity contribution < 1.29 is 18.0 Å². The lowest BCUT2D eigenvalue weighted by molar-refractivity contribution is 0.0926. The van der Waals surface area contributed by atoms with E-state index in [1.165, 1.54) is 6.20 Å². The van der Waals surface area contributed by atoms with Gasteiger partial charge in [-0.3, -0.25) is 9.59 Å². The lowest BCUT2D eigenvalue weighted by atomic mass is 10.1. The third-order valence-corrected chi connectivity index (χ3v) is 7.34. The zero-order chi connectivity index (χ0) is 20.5. The van der Waals surface area contributed by atoms with Crippen molar-refractivity contribution in [3.05, 3.63) is 52.8 Å². The van der Waals surface area contributed by atoms with Gasteiger partial charge in [-0.1, -0.05) is 17.7 Å². The van der Waals surface area contributed by atoms with E-state index in [1.807, 2.05) is 19.1 Å². The predicted molar refractivity (Wildman–Crippen MR) is 107 cm³/mol. The minimum Gasteiger partial charge on any atom is -0.268 e. The number of carbonyl (C=O) groups excluding carboxylic acids is 2. The fourth-order valence-corrected chi connectivity index (χ4v) is 5.83. The minimum atomic E-state index is -3.10. The van der Waals surface area contributed by atoms with Gasteiger partial charge in [0.25, 0.3) is 11.8 Å². The van der Waals surface area contributed by atoms with Crippen LogP contribution in [0, 0.1) is 13.8 Å². The van der Waals surface area contributed by atoms with Gasteiger partial charge in [-0.25, -0.2) is 23.0 Å². The van der Waals surface area contributed by atoms with Crippen LogP contribution in [0.1, 0.15) is 44.4 Å². The van der Waals surface area contributed by atoms with Crippen LogP contribution in [0.15, 0.2) is 30.5 Å². The van der Waals surface area contributed by atoms with Crippen LogP contribution in [0.2, 0.25) is 0 Å². The Morgan fingerprint density at radius 2 is 1.79 bits per heavy atom. The van der Waals surface area contributed by atoms with E-state index in [0.29, 0.717) is 28.8 Å². The number of benzene rings is 1. The van der Waals surface area contributed by atoms with Crippen molar-refractivity contribution in [3.8, 4) is 0 Å². The molecule has 1 unspecified atom stereocenters. The monoisotopic (exact) mass is 410 g/mol. The van der Waals surface area contributed by atoms with Crippen LogP contribution in [0.25, 0.3) is 11.0 Å². The van der Waals surface area contributed by atoms with E-state index in [4.69, 9.17) is 0 Å². The summed E-state index contributed by atoms with van der Waals surface area (Å²) in [6, 6.07) is 6.84. The molecule has 5 rings (SSSR count). The molecule has 1 atom stereocenters. The normalized spacial score (nSPS) is 20.6. The van der Waals surface area contributed by atoms with Crippen LogP contribution in [0.4, 0.5) is 5.69 Å². The molecule has 9 heteroatoms. The van der Waals surface area contributed by atoms with Crippen LogP contribution < -0.4 is 4.90 Å². The fourth-order valence-electron chi connectivity index (χ4n) is 4.14. The van der Waals surface area contributed by atoms with Gasteiger partial charge in [0, 0.05) is 6.20 Å². The highest BCUT2D eigenvalue weighted by atomic mass is 32.2. The Kier molecular flexibility index (Phi) is 3.70. The Bertz CT molecular complexity index is 1310. The molecular weight excluding hydrogens is 392 g/mol. The number of aryl methyl sites for hydroxylation is 2. The van der Waals surface area contributed by atoms with E-state index in [-0.39, 0.29) is 28.7 Å². The van der Waals surface area contributed by atoms with Gasteiger partial charge in [-0.15, -0.1) is 0 Å². The SMILES string of the molecule is Cc1ccc(N2C(=O)c3cnc4c(c(C)nn4C4CCS(=O)(=O)C4)c3C2=O)cc1. The van der Waals surface area contributed by atoms with Crippen LogP contribution in [0.3, 0.4) is 0 Å². The summed E-state index contributed by atoms with van der Waals surface area (Å²) in [4.78, 5) is 31.7. The quantitative estimate of drug-likeness (QED) is 0.600. The first kappa shape index (κ1) is 18.0. The number of hydrogen-bond donors (Lipinski definition) is 0. The second-order valence-electron chi connectivity index (χ2n) is 7.61. The Morgan fingerprint density at radius 1 is 1.07 bits per heavy atom. The van der Waals surface area contributed by atoms with Crippen molar-refractivity contribution in [1.29, 1.82) is 0 Å². The number of rotatable bonds is 2. The Labute approximate surface area is 167 Å². The van der Waals surface area contributed by atoms with Crippen LogP contribution in [-0.2, 0) is 9.84 Å². The van der Waals surface area contributed by atoms with Gasteiger partial charge in [0.05, 0.1) is 45.4 Å². The highest BCUT2D eigenvalue weighted by molar-refractivity contribution is 7.91. The second kappa shape index (κ2) is 5.96. The molecule has 0 radical (unpaired) electrons. The summed E-state index contributed by atoms with van der Waals surface area (Å²) in [6.07, 6.45) is 1.85. The standard InChI is InChI=1S/C20H18N4O4S/c1-11-3-5-13(6-4-11)23-19(25)15-9-21-18-16(17(15)20(23)26)12(2)22-24(18)14-7-8-29(27,28)10-14/h3-6,9,14H,7-8,10H2,1-2H3. The summed E-state index contributed by atoms with van der Waals surface area (Å²) in [5, 5.41) is 5.01. The number of anilines is 1. The van der Waals surface area contributed by atoms with Crippen molar-refractivity contribution in [1.82, 2.24) is 14.8 Å². The largest absolute Gasteiger partial charge is 0.268 e. The first-order valence-corrected chi connectivity index (χ1v) is 11.1. The average molecular weight is 410 g/mol. The number of carbonyl (C=O) groups is 2. The van der Waals surface area contributed by atoms with E-state index in [9.17, 15) is 18.0 Å². The molecule has 2 aliphatic rings. The summed E-state index contributed by atoms with van der Waals surface area (Å²) in [5.74, 6) is -0.715. The number of aromatic nitrogens is 3. The predicted octanol–water partition coefficient (Wildman–Crippen LogP) is 2.21. The van der Waals surface area contributed by atoms with Crippen molar-refractivity contribution >= 4 is 38.4 Å². The van der Waals surface area contributed by atoms with Gasteiger partial charge in [-0.05, 0) is 32.4 Å². The molecule has 148 valence electrons. The molecular formula is C20H18N4O4S. The molecule has 3 aromatic rings. The highest BCUT2D eigenvalue weighted by Crippen LogP contribution is 2.35. The van der Waals surface area contributed by atoms with Gasteiger partial charge in [0.1, 0.15) is 0 Å². The van der Waals surface area contributed by atoms with E-state index in [1.54, 1.807) is 23.7 Å². The number of sulfone groups is 1. The van der Waals surface area contributed by atoms with E-state index < -0.39 is 21.7 Å². The van der Waals surface area contributed by atoms with E-state index in [2.05, 4.69) is 10.1 Å². The molecule has 4 heterocycles. The molecule has 1 saturated heterocycles. The third kappa shape index (κ3) is 2.61. The summed E-state index contributed by atoms with van der Waals surface area (Å²) in [7, 11) is -3.10. The van der Waals surface area contributed by atoms with Gasteiger partial charge < -0.3 is 0 Å². The average Bonchev–Trinajstić information content (AvgIpc) is 3.29. The molecule has 0 N–H and O–H groups in total. The number of pyridine rings is 1. The zero-order valence-corrected chi connectivity index (χ0v) is 16.7. The Balaban J connectivity index is 1.66. The molecule has 8 nitrogen and oxygen atoms in total. The molecule has 0 spiro atoms. The number of amides is 2. The lowest BCUT2D eigenvalue weighted by Gasteiger charge is -2.13. The van der Waals surface area contributed by atoms with Crippen LogP contribution in [-0.4, -0.2) is 46.5 Å². The smallest absolute Gasteiger partial charge is 0.267 e. The Hall–Kier alpha value is -3.07. The Morgan fingerprint density at radius 3 is 2.45 bits per heavy atom. The zero-order valence-electron chi connectivity index (χ0n) is 15.9. The molecule has 2 aromatic heterocycles. The molecule has 2 aliphatic heterocycles. The highest BCUT2D eigenvalue weighted by Gasteiger charge is 2.40. The maximum Gasteiger partial charge on any atom is 0.267 e. The summed E-state index contributed by atoms with van der Waals surface area (Å²) in [6.45, 7) is 3.68. The molecule has 29 heavy (non-hydrogen) atoms. The van der Waals surface area contributed by atoms with Crippen molar-refractivity contribution in [3.63, 3.8) is 0 Å². The van der Waals surface area contributed by atoms with Gasteiger partial charge in [0.2, 0.25) is 0 Å². The van der Waals surface area contributed by atoms with Gasteiger partial charge in [-0.2, -0.15) is 5.10 Å². The minimum absolute atomic E-state index is 0.00432. The third-order valence-electron chi connectivity index (χ3n) is 5.59. The molecule has 1 fully saturated rings. The van der Waals surface area contributed by atoms with Gasteiger partial charge in [0.15, 0.2) is 15.5 Å². The van der Waals surface area contributed by atoms with Gasteiger partial charge >= 0.3 is 0 Å². The summed E-state index contributed by atoms with van der Waals surface area (Å²) < 4.78 is 25.4. The fraction of sp³-hybridized carbons (Fsp3) is 0.300. The lowest BCUT2D eigenvalue weighted by Crippen LogP contribution is -2.29. The topological polar surface area (TPSA) is 102 Å². The number of hydrogen-bond acceptors (Lipinski definition) is 6. The van der Waals surface area contributed by atoms with Crippen LogP contribution in [0.5, 0.6) is 0 Å². The van der Waals surface area contributed by atoms with Crippen molar-refractivity contribution in [2.24, 2.45) is 0 Å². The summed E-state index contributed by atoms with van der Waals surface area (Å²) >= 11 is 0. The first-order valence-electron chi connectivity index (χ1n) is 9.30. The second-order valence-corrected chi connectivity index (χ2v) is 9.84. The maximum absolute atomic E-state index is 13.2. The van der Waals surface area contributed by atoms with E-state index in [0.717, 1.165) is 10.5 Å². The number of fused-ring (bicyclic) bond motifs is 3. The molecule has 1 aromatic carbocycles. The summed E-state index contributed by atoms with van der Waals surface area (Å²) in [5.41, 5.74) is 3.05. The maximum atomic E-state index is 13.2. The van der Waals surface area contributed by atoms with Crippen molar-refractivity contribution in [2.75, 3.05) is 16.4 Å². The van der Waals surface area contributed by atoms with Crippen molar-refractivity contribution in [2.45, 2.75) is 26.3 Å². The van der Waals surface area contributed by atoms with E-state index >= 15 is 0 Å². The van der Waals surface area contributed by atoms with Crippen LogP contribution >= 0.6 is 0 Å². The number of imide groups is 1. The molecule has 0 bridgehead atoms. The molecule has 0 saturated carbocycles.